The van der Waals surface area contributed by atoms with E-state index < -0.39 is 6.10 Å². The highest BCUT2D eigenvalue weighted by Crippen LogP contribution is 2.15. The fourth-order valence-electron chi connectivity index (χ4n) is 1.88. The van der Waals surface area contributed by atoms with E-state index in [0.717, 1.165) is 44.6 Å². The van der Waals surface area contributed by atoms with E-state index in [1.54, 1.807) is 19.1 Å². The molecule has 1 unspecified atom stereocenters. The fourth-order valence-corrected chi connectivity index (χ4v) is 1.88. The second-order valence-electron chi connectivity index (χ2n) is 5.05. The average molecular weight is 283 g/mol. The van der Waals surface area contributed by atoms with Crippen LogP contribution in [-0.4, -0.2) is 31.4 Å². The lowest BCUT2D eigenvalue weighted by atomic mass is 10.1. The van der Waals surface area contributed by atoms with Crippen LogP contribution in [-0.2, 0) is 4.74 Å². The molecule has 0 aliphatic carbocycles. The minimum absolute atomic E-state index is 0.238. The van der Waals surface area contributed by atoms with Crippen molar-refractivity contribution in [2.75, 3.05) is 26.3 Å². The van der Waals surface area contributed by atoms with Gasteiger partial charge in [-0.1, -0.05) is 25.5 Å². The van der Waals surface area contributed by atoms with E-state index in [1.807, 2.05) is 0 Å². The van der Waals surface area contributed by atoms with Gasteiger partial charge in [0.05, 0.1) is 6.10 Å². The first-order chi connectivity index (χ1) is 9.65. The Morgan fingerprint density at radius 2 is 2.05 bits per heavy atom. The molecule has 0 spiro atoms. The number of halogens is 1. The predicted molar refractivity (Wildman–Crippen MR) is 79.3 cm³/mol. The van der Waals surface area contributed by atoms with Crippen LogP contribution in [0.1, 0.15) is 43.4 Å². The number of ether oxygens (including phenoxy) is 1. The average Bonchev–Trinajstić information content (AvgIpc) is 2.44. The van der Waals surface area contributed by atoms with Crippen LogP contribution in [0.25, 0.3) is 0 Å². The highest BCUT2D eigenvalue weighted by molar-refractivity contribution is 5.25. The van der Waals surface area contributed by atoms with E-state index in [4.69, 9.17) is 4.74 Å². The Morgan fingerprint density at radius 1 is 1.30 bits per heavy atom. The van der Waals surface area contributed by atoms with Crippen LogP contribution in [0.15, 0.2) is 18.2 Å². The van der Waals surface area contributed by atoms with Gasteiger partial charge in [-0.2, -0.15) is 0 Å². The molecule has 0 saturated carbocycles. The minimum Gasteiger partial charge on any atom is -0.387 e. The van der Waals surface area contributed by atoms with Crippen LogP contribution < -0.4 is 5.32 Å². The zero-order chi connectivity index (χ0) is 14.8. The first kappa shape index (κ1) is 17.1. The molecule has 3 nitrogen and oxygen atoms in total. The number of unbranched alkanes of at least 4 members (excludes halogenated alkanes) is 1. The Labute approximate surface area is 121 Å². The van der Waals surface area contributed by atoms with Gasteiger partial charge in [0, 0.05) is 19.8 Å². The van der Waals surface area contributed by atoms with Crippen molar-refractivity contribution >= 4 is 0 Å². The van der Waals surface area contributed by atoms with Crippen LogP contribution in [0.4, 0.5) is 4.39 Å². The summed E-state index contributed by atoms with van der Waals surface area (Å²) < 4.78 is 18.6. The number of aryl methyl sites for hydroxylation is 1. The molecule has 0 amide bonds. The van der Waals surface area contributed by atoms with E-state index in [9.17, 15) is 9.50 Å². The van der Waals surface area contributed by atoms with Crippen molar-refractivity contribution in [1.29, 1.82) is 0 Å². The lowest BCUT2D eigenvalue weighted by molar-refractivity contribution is 0.126. The second kappa shape index (κ2) is 9.86. The van der Waals surface area contributed by atoms with Gasteiger partial charge in [0.25, 0.3) is 0 Å². The molecule has 114 valence electrons. The molecule has 1 aromatic carbocycles. The van der Waals surface area contributed by atoms with Crippen LogP contribution in [0.3, 0.4) is 0 Å². The van der Waals surface area contributed by atoms with Crippen LogP contribution >= 0.6 is 0 Å². The maximum Gasteiger partial charge on any atom is 0.126 e. The molecule has 0 aromatic heterocycles. The molecule has 2 N–H and O–H groups in total. The van der Waals surface area contributed by atoms with Gasteiger partial charge in [-0.3, -0.25) is 0 Å². The van der Waals surface area contributed by atoms with Crippen LogP contribution in [0.5, 0.6) is 0 Å². The van der Waals surface area contributed by atoms with E-state index in [0.29, 0.717) is 12.1 Å². The fraction of sp³-hybridized carbons (Fsp3) is 0.625. The summed E-state index contributed by atoms with van der Waals surface area (Å²) >= 11 is 0. The van der Waals surface area contributed by atoms with Gasteiger partial charge in [-0.25, -0.2) is 4.39 Å². The third-order valence-corrected chi connectivity index (χ3v) is 3.19. The first-order valence-corrected chi connectivity index (χ1v) is 7.37. The van der Waals surface area contributed by atoms with Crippen molar-refractivity contribution in [3.8, 4) is 0 Å². The summed E-state index contributed by atoms with van der Waals surface area (Å²) in [6, 6.07) is 4.72. The number of nitrogens with one attached hydrogen (secondary N) is 1. The van der Waals surface area contributed by atoms with Gasteiger partial charge >= 0.3 is 0 Å². The third kappa shape index (κ3) is 6.46. The largest absolute Gasteiger partial charge is 0.387 e. The lowest BCUT2D eigenvalue weighted by Gasteiger charge is -2.13. The summed E-state index contributed by atoms with van der Waals surface area (Å²) in [5.41, 5.74) is 1.31. The van der Waals surface area contributed by atoms with E-state index in [2.05, 4.69) is 12.2 Å². The molecule has 0 fully saturated rings. The molecule has 1 aromatic rings. The highest BCUT2D eigenvalue weighted by Gasteiger charge is 2.08. The maximum atomic E-state index is 13.1. The van der Waals surface area contributed by atoms with Gasteiger partial charge in [-0.05, 0) is 43.5 Å². The number of hydrogen-bond donors (Lipinski definition) is 2. The number of benzene rings is 1. The summed E-state index contributed by atoms with van der Waals surface area (Å²) in [7, 11) is 0. The van der Waals surface area contributed by atoms with E-state index >= 15 is 0 Å². The molecular weight excluding hydrogens is 257 g/mol. The van der Waals surface area contributed by atoms with Gasteiger partial charge in [0.15, 0.2) is 0 Å². The Bertz CT molecular complexity index is 385. The molecule has 0 saturated heterocycles. The number of aliphatic hydroxyl groups is 1. The van der Waals surface area contributed by atoms with E-state index in [-0.39, 0.29) is 5.82 Å². The number of hydrogen-bond acceptors (Lipinski definition) is 3. The maximum absolute atomic E-state index is 13.1. The van der Waals surface area contributed by atoms with Crippen molar-refractivity contribution in [2.24, 2.45) is 0 Å². The smallest absolute Gasteiger partial charge is 0.126 e. The molecule has 0 radical (unpaired) electrons. The third-order valence-electron chi connectivity index (χ3n) is 3.19. The molecule has 0 heterocycles. The number of aliphatic hydroxyl groups excluding tert-OH is 1. The lowest BCUT2D eigenvalue weighted by Crippen LogP contribution is -2.23. The summed E-state index contributed by atoms with van der Waals surface area (Å²) in [4.78, 5) is 0. The van der Waals surface area contributed by atoms with Crippen molar-refractivity contribution in [1.82, 2.24) is 5.32 Å². The molecule has 1 rings (SSSR count). The summed E-state index contributed by atoms with van der Waals surface area (Å²) in [5, 5.41) is 13.2. The first-order valence-electron chi connectivity index (χ1n) is 7.37. The van der Waals surface area contributed by atoms with Crippen molar-refractivity contribution in [3.05, 3.63) is 35.1 Å². The summed E-state index contributed by atoms with van der Waals surface area (Å²) in [5.74, 6) is -0.238. The van der Waals surface area contributed by atoms with Gasteiger partial charge in [0.2, 0.25) is 0 Å². The Morgan fingerprint density at radius 3 is 2.75 bits per heavy atom. The predicted octanol–water partition coefficient (Wildman–Crippen LogP) is 2.96. The van der Waals surface area contributed by atoms with Gasteiger partial charge < -0.3 is 15.2 Å². The van der Waals surface area contributed by atoms with Gasteiger partial charge in [0.1, 0.15) is 5.82 Å². The number of rotatable bonds is 10. The van der Waals surface area contributed by atoms with Crippen molar-refractivity contribution < 1.29 is 14.2 Å². The van der Waals surface area contributed by atoms with Crippen molar-refractivity contribution in [2.45, 2.75) is 39.2 Å². The Hall–Kier alpha value is -0.970. The second-order valence-corrected chi connectivity index (χ2v) is 5.05. The molecule has 20 heavy (non-hydrogen) atoms. The van der Waals surface area contributed by atoms with Crippen LogP contribution in [0.2, 0.25) is 0 Å². The molecule has 0 aliphatic heterocycles. The van der Waals surface area contributed by atoms with Gasteiger partial charge in [-0.15, -0.1) is 0 Å². The Balaban J connectivity index is 2.13. The topological polar surface area (TPSA) is 41.5 Å². The standard InChI is InChI=1S/C16H26FNO2/c1-3-4-9-20-10-5-8-18-12-16(19)14-6-7-15(17)13(2)11-14/h6-7,11,16,18-19H,3-5,8-10,12H2,1-2H3. The monoisotopic (exact) mass is 283 g/mol. The molecular formula is C16H26FNO2. The summed E-state index contributed by atoms with van der Waals surface area (Å²) in [6.07, 6.45) is 2.59. The normalized spacial score (nSPS) is 12.6. The summed E-state index contributed by atoms with van der Waals surface area (Å²) in [6.45, 7) is 6.70. The van der Waals surface area contributed by atoms with Crippen molar-refractivity contribution in [3.63, 3.8) is 0 Å². The highest BCUT2D eigenvalue weighted by atomic mass is 19.1. The Kier molecular flexibility index (Phi) is 8.42. The zero-order valence-corrected chi connectivity index (χ0v) is 12.5. The molecule has 0 bridgehead atoms. The molecule has 0 aliphatic rings. The van der Waals surface area contributed by atoms with Crippen LogP contribution in [0, 0.1) is 12.7 Å². The quantitative estimate of drug-likeness (QED) is 0.649. The SMILES string of the molecule is CCCCOCCCNCC(O)c1ccc(F)c(C)c1. The molecule has 4 heteroatoms. The zero-order valence-electron chi connectivity index (χ0n) is 12.5. The minimum atomic E-state index is -0.602. The van der Waals surface area contributed by atoms with E-state index in [1.165, 1.54) is 6.07 Å². The molecule has 1 atom stereocenters.